The van der Waals surface area contributed by atoms with Crippen molar-refractivity contribution in [2.45, 2.75) is 6.54 Å². The summed E-state index contributed by atoms with van der Waals surface area (Å²) in [6, 6.07) is 17.4. The summed E-state index contributed by atoms with van der Waals surface area (Å²) in [5, 5.41) is 3.28. The lowest BCUT2D eigenvalue weighted by atomic mass is 10.1. The first kappa shape index (κ1) is 10.4. The molecule has 0 heterocycles. The maximum atomic E-state index is 10.5. The predicted molar refractivity (Wildman–Crippen MR) is 65.0 cm³/mol. The number of carbonyl (C=O) groups excluding carboxylic acids is 1. The topological polar surface area (TPSA) is 29.1 Å². The lowest BCUT2D eigenvalue weighted by Crippen LogP contribution is -1.99. The van der Waals surface area contributed by atoms with Gasteiger partial charge >= 0.3 is 0 Å². The monoisotopic (exact) mass is 210 g/mol. The zero-order valence-electron chi connectivity index (χ0n) is 8.81. The Hall–Kier alpha value is -2.09. The molecule has 16 heavy (non-hydrogen) atoms. The smallest absolute Gasteiger partial charge is 0.233 e. The maximum absolute atomic E-state index is 10.5. The third kappa shape index (κ3) is 2.70. The molecule has 2 aromatic rings. The number of hydrogen-bond acceptors (Lipinski definition) is 2. The van der Waals surface area contributed by atoms with Gasteiger partial charge in [-0.2, -0.15) is 0 Å². The van der Waals surface area contributed by atoms with Crippen LogP contribution in [0, 0.1) is 0 Å². The molecule has 0 aliphatic heterocycles. The lowest BCUT2D eigenvalue weighted by molar-refractivity contribution is 0.562. The Morgan fingerprint density at radius 1 is 1.00 bits per heavy atom. The molecule has 2 rings (SSSR count). The van der Waals surface area contributed by atoms with Crippen molar-refractivity contribution in [1.82, 2.24) is 0 Å². The molecule has 0 saturated carbocycles. The molecular weight excluding hydrogens is 198 g/mol. The quantitative estimate of drug-likeness (QED) is 0.840. The van der Waals surface area contributed by atoms with Gasteiger partial charge in [0.15, 0.2) is 0 Å². The molecule has 0 bridgehead atoms. The molecule has 0 atom stereocenters. The summed E-state index contributed by atoms with van der Waals surface area (Å²) in [5.41, 5.74) is 2.74. The fourth-order valence-electron chi connectivity index (χ4n) is 1.50. The summed E-state index contributed by atoms with van der Waals surface area (Å²) < 4.78 is 0. The number of hydrogen-bond donors (Lipinski definition) is 1. The van der Waals surface area contributed by atoms with Crippen LogP contribution >= 0.6 is 0 Å². The molecule has 1 N–H and O–H groups in total. The second-order valence-corrected chi connectivity index (χ2v) is 3.52. The van der Waals surface area contributed by atoms with E-state index in [9.17, 15) is 4.79 Å². The molecule has 0 saturated heterocycles. The van der Waals surface area contributed by atoms with Crippen LogP contribution < -0.4 is 5.32 Å². The predicted octanol–water partition coefficient (Wildman–Crippen LogP) is 2.76. The highest BCUT2D eigenvalue weighted by Gasteiger charge is 1.95. The first-order chi connectivity index (χ1) is 7.88. The van der Waals surface area contributed by atoms with Crippen LogP contribution in [0.3, 0.4) is 0 Å². The molecule has 0 aliphatic rings. The average Bonchev–Trinajstić information content (AvgIpc) is 2.38. The summed E-state index contributed by atoms with van der Waals surface area (Å²) in [4.78, 5) is 10.5. The van der Waals surface area contributed by atoms with Crippen LogP contribution in [0.15, 0.2) is 54.6 Å². The first-order valence-corrected chi connectivity index (χ1v) is 5.14. The molecule has 2 nitrogen and oxygen atoms in total. The standard InChI is InChI=1S/C14H12NO/c16-11-13-6-4-5-12(9-13)10-15-14-7-2-1-3-8-14/h1-9,15H,10H2. The Balaban J connectivity index is 2.02. The van der Waals surface area contributed by atoms with Gasteiger partial charge in [-0.3, -0.25) is 4.79 Å². The molecule has 1 radical (unpaired) electrons. The second-order valence-electron chi connectivity index (χ2n) is 3.52. The number of nitrogens with one attached hydrogen (secondary N) is 1. The van der Waals surface area contributed by atoms with Crippen LogP contribution in [0.4, 0.5) is 5.69 Å². The highest BCUT2D eigenvalue weighted by Crippen LogP contribution is 2.09. The fraction of sp³-hybridized carbons (Fsp3) is 0.0714. The van der Waals surface area contributed by atoms with Gasteiger partial charge in [-0.05, 0) is 23.8 Å². The molecule has 0 spiro atoms. The van der Waals surface area contributed by atoms with Crippen LogP contribution in [-0.2, 0) is 11.3 Å². The van der Waals surface area contributed by atoms with Crippen molar-refractivity contribution < 1.29 is 4.79 Å². The molecule has 2 heteroatoms. The van der Waals surface area contributed by atoms with Gasteiger partial charge in [-0.1, -0.05) is 36.4 Å². The second kappa shape index (κ2) is 5.12. The summed E-state index contributed by atoms with van der Waals surface area (Å²) >= 11 is 0. The Bertz CT molecular complexity index is 465. The van der Waals surface area contributed by atoms with Gasteiger partial charge in [0.25, 0.3) is 0 Å². The number of rotatable bonds is 4. The highest BCUT2D eigenvalue weighted by atomic mass is 16.1. The van der Waals surface area contributed by atoms with Crippen molar-refractivity contribution >= 4 is 12.0 Å². The van der Waals surface area contributed by atoms with Crippen LogP contribution in [0.1, 0.15) is 11.1 Å². The minimum atomic E-state index is 0.590. The van der Waals surface area contributed by atoms with E-state index in [1.54, 1.807) is 6.07 Å². The molecule has 0 aromatic heterocycles. The maximum Gasteiger partial charge on any atom is 0.233 e. The van der Waals surface area contributed by atoms with E-state index in [-0.39, 0.29) is 0 Å². The Morgan fingerprint density at radius 2 is 1.81 bits per heavy atom. The fourth-order valence-corrected chi connectivity index (χ4v) is 1.50. The van der Waals surface area contributed by atoms with Gasteiger partial charge in [0, 0.05) is 17.8 Å². The van der Waals surface area contributed by atoms with Gasteiger partial charge in [0.1, 0.15) is 0 Å². The van der Waals surface area contributed by atoms with Crippen molar-refractivity contribution in [1.29, 1.82) is 0 Å². The minimum Gasteiger partial charge on any atom is -0.381 e. The number of anilines is 1. The molecule has 79 valence electrons. The largest absolute Gasteiger partial charge is 0.381 e. The van der Waals surface area contributed by atoms with Crippen molar-refractivity contribution in [3.63, 3.8) is 0 Å². The first-order valence-electron chi connectivity index (χ1n) is 5.14. The van der Waals surface area contributed by atoms with Gasteiger partial charge in [-0.25, -0.2) is 0 Å². The lowest BCUT2D eigenvalue weighted by Gasteiger charge is -2.06. The van der Waals surface area contributed by atoms with Crippen LogP contribution in [0.25, 0.3) is 0 Å². The normalized spacial score (nSPS) is 9.75. The summed E-state index contributed by atoms with van der Waals surface area (Å²) in [7, 11) is 0. The highest BCUT2D eigenvalue weighted by molar-refractivity contribution is 5.75. The van der Waals surface area contributed by atoms with E-state index in [2.05, 4.69) is 5.32 Å². The van der Waals surface area contributed by atoms with Gasteiger partial charge in [0.2, 0.25) is 6.29 Å². The van der Waals surface area contributed by atoms with E-state index in [0.29, 0.717) is 12.1 Å². The third-order valence-electron chi connectivity index (χ3n) is 2.32. The van der Waals surface area contributed by atoms with Crippen molar-refractivity contribution in [3.8, 4) is 0 Å². The van der Waals surface area contributed by atoms with Crippen molar-refractivity contribution in [2.75, 3.05) is 5.32 Å². The average molecular weight is 210 g/mol. The van der Waals surface area contributed by atoms with E-state index >= 15 is 0 Å². The minimum absolute atomic E-state index is 0.590. The molecule has 0 amide bonds. The van der Waals surface area contributed by atoms with E-state index in [0.717, 1.165) is 11.3 Å². The molecular formula is C14H12NO. The van der Waals surface area contributed by atoms with E-state index < -0.39 is 0 Å². The van der Waals surface area contributed by atoms with E-state index in [4.69, 9.17) is 0 Å². The van der Waals surface area contributed by atoms with Gasteiger partial charge in [-0.15, -0.1) is 0 Å². The van der Waals surface area contributed by atoms with Gasteiger partial charge in [0.05, 0.1) is 0 Å². The van der Waals surface area contributed by atoms with Crippen LogP contribution in [0.2, 0.25) is 0 Å². The van der Waals surface area contributed by atoms with Crippen LogP contribution in [0.5, 0.6) is 0 Å². The third-order valence-corrected chi connectivity index (χ3v) is 2.32. The Labute approximate surface area is 94.9 Å². The van der Waals surface area contributed by atoms with Crippen LogP contribution in [-0.4, -0.2) is 6.29 Å². The zero-order chi connectivity index (χ0) is 11.2. The molecule has 0 unspecified atom stereocenters. The van der Waals surface area contributed by atoms with E-state index in [1.165, 1.54) is 0 Å². The Kier molecular flexibility index (Phi) is 3.34. The SMILES string of the molecule is O=[C]c1cccc(CNc2ccccc2)c1. The number of para-hydroxylation sites is 1. The van der Waals surface area contributed by atoms with E-state index in [1.807, 2.05) is 54.8 Å². The summed E-state index contributed by atoms with van der Waals surface area (Å²) in [6.07, 6.45) is 1.89. The zero-order valence-corrected chi connectivity index (χ0v) is 8.81. The Morgan fingerprint density at radius 3 is 2.56 bits per heavy atom. The van der Waals surface area contributed by atoms with Gasteiger partial charge < -0.3 is 5.32 Å². The summed E-state index contributed by atoms with van der Waals surface area (Å²) in [6.45, 7) is 0.708. The van der Waals surface area contributed by atoms with Crippen molar-refractivity contribution in [2.24, 2.45) is 0 Å². The molecule has 2 aromatic carbocycles. The number of benzene rings is 2. The molecule has 0 aliphatic carbocycles. The summed E-state index contributed by atoms with van der Waals surface area (Å²) in [5.74, 6) is 0. The molecule has 0 fully saturated rings. The van der Waals surface area contributed by atoms with Crippen molar-refractivity contribution in [3.05, 3.63) is 65.7 Å².